The Hall–Kier alpha value is -1.55. The zero-order valence-corrected chi connectivity index (χ0v) is 11.4. The van der Waals surface area contributed by atoms with Gasteiger partial charge in [-0.3, -0.25) is 4.79 Å². The van der Waals surface area contributed by atoms with Gasteiger partial charge in [0.05, 0.1) is 25.9 Å². The molecule has 0 aliphatic carbocycles. The van der Waals surface area contributed by atoms with E-state index in [-0.39, 0.29) is 26.4 Å². The first-order valence-electron chi connectivity index (χ1n) is 6.18. The Morgan fingerprint density at radius 1 is 1.43 bits per heavy atom. The lowest BCUT2D eigenvalue weighted by molar-refractivity contribution is -0.173. The topological polar surface area (TPSA) is 88.1 Å². The number of likely N-dealkylation sites (N-methyl/N-ethyl adjacent to an activating group) is 1. The van der Waals surface area contributed by atoms with Crippen molar-refractivity contribution in [1.82, 2.24) is 10.2 Å². The molecule has 2 N–H and O–H groups in total. The molecule has 1 aliphatic heterocycles. The van der Waals surface area contributed by atoms with E-state index in [0.29, 0.717) is 0 Å². The van der Waals surface area contributed by atoms with Crippen LogP contribution in [0.5, 0.6) is 0 Å². The van der Waals surface area contributed by atoms with Crippen molar-refractivity contribution in [3.05, 3.63) is 0 Å². The smallest absolute Gasteiger partial charge is 0.411 e. The number of nitrogens with one attached hydrogen (secondary N) is 1. The highest BCUT2D eigenvalue weighted by Crippen LogP contribution is 2.19. The summed E-state index contributed by atoms with van der Waals surface area (Å²) in [4.78, 5) is 23.9. The molecule has 0 saturated carbocycles. The Morgan fingerprint density at radius 2 is 2.10 bits per heavy atom. The van der Waals surface area contributed by atoms with Crippen LogP contribution in [0.15, 0.2) is 0 Å². The molecule has 2 unspecified atom stereocenters. The van der Waals surface area contributed by atoms with Crippen LogP contribution in [-0.2, 0) is 14.3 Å². The van der Waals surface area contributed by atoms with Crippen LogP contribution in [0.25, 0.3) is 0 Å². The van der Waals surface area contributed by atoms with E-state index in [1.54, 1.807) is 0 Å². The van der Waals surface area contributed by atoms with Crippen LogP contribution in [0, 0.1) is 5.92 Å². The molecule has 2 atom stereocenters. The molecule has 0 radical (unpaired) electrons. The zero-order valence-electron chi connectivity index (χ0n) is 11.4. The van der Waals surface area contributed by atoms with Crippen LogP contribution >= 0.6 is 0 Å². The molecule has 122 valence electrons. The molecule has 21 heavy (non-hydrogen) atoms. The molecule has 0 bridgehead atoms. The summed E-state index contributed by atoms with van der Waals surface area (Å²) < 4.78 is 44.8. The number of ether oxygens (including phenoxy) is 2. The van der Waals surface area contributed by atoms with Crippen LogP contribution in [0.1, 0.15) is 0 Å². The summed E-state index contributed by atoms with van der Waals surface area (Å²) in [5.41, 5.74) is 0. The standard InChI is InChI=1S/C11H17F3N2O5/c1-16(8-5-21-4-7(8)9(17)18)10(19)15-2-3-20-6-11(12,13)14/h7-8H,2-6H2,1H3,(H,15,19)(H,17,18). The van der Waals surface area contributed by atoms with Gasteiger partial charge in [0.25, 0.3) is 0 Å². The molecule has 0 aromatic heterocycles. The van der Waals surface area contributed by atoms with Crippen LogP contribution in [-0.4, -0.2) is 74.2 Å². The number of hydrogen-bond acceptors (Lipinski definition) is 4. The normalized spacial score (nSPS) is 22.1. The third kappa shape index (κ3) is 5.76. The fraction of sp³-hybridized carbons (Fsp3) is 0.818. The maximum absolute atomic E-state index is 11.8. The molecule has 2 amide bonds. The first-order chi connectivity index (χ1) is 9.72. The van der Waals surface area contributed by atoms with Crippen molar-refractivity contribution >= 4 is 12.0 Å². The van der Waals surface area contributed by atoms with E-state index in [0.717, 1.165) is 0 Å². The van der Waals surface area contributed by atoms with E-state index in [1.165, 1.54) is 11.9 Å². The van der Waals surface area contributed by atoms with Crippen LogP contribution in [0.2, 0.25) is 0 Å². The van der Waals surface area contributed by atoms with E-state index in [1.807, 2.05) is 0 Å². The molecular formula is C11H17F3N2O5. The SMILES string of the molecule is CN(C(=O)NCCOCC(F)(F)F)C1COCC1C(=O)O. The highest BCUT2D eigenvalue weighted by atomic mass is 19.4. The average molecular weight is 314 g/mol. The van der Waals surface area contributed by atoms with E-state index in [9.17, 15) is 22.8 Å². The lowest BCUT2D eigenvalue weighted by atomic mass is 10.0. The summed E-state index contributed by atoms with van der Waals surface area (Å²) >= 11 is 0. The highest BCUT2D eigenvalue weighted by molar-refractivity contribution is 5.77. The number of aliphatic carboxylic acids is 1. The summed E-state index contributed by atoms with van der Waals surface area (Å²) in [5, 5.41) is 11.3. The number of carboxylic acid groups (broad SMARTS) is 1. The van der Waals surface area contributed by atoms with Gasteiger partial charge in [-0.15, -0.1) is 0 Å². The molecule has 0 spiro atoms. The molecule has 7 nitrogen and oxygen atoms in total. The minimum absolute atomic E-state index is 0.0202. The number of halogens is 3. The van der Waals surface area contributed by atoms with Gasteiger partial charge >= 0.3 is 18.2 Å². The first-order valence-corrected chi connectivity index (χ1v) is 6.18. The molecule has 10 heteroatoms. The fourth-order valence-electron chi connectivity index (χ4n) is 1.85. The van der Waals surface area contributed by atoms with Gasteiger partial charge in [0.1, 0.15) is 12.5 Å². The predicted octanol–water partition coefficient (Wildman–Crippen LogP) is 0.306. The van der Waals surface area contributed by atoms with Crippen molar-refractivity contribution in [2.75, 3.05) is 40.0 Å². The van der Waals surface area contributed by atoms with E-state index in [4.69, 9.17) is 9.84 Å². The van der Waals surface area contributed by atoms with E-state index in [2.05, 4.69) is 10.1 Å². The summed E-state index contributed by atoms with van der Waals surface area (Å²) in [6, 6.07) is -1.20. The van der Waals surface area contributed by atoms with Crippen molar-refractivity contribution < 1.29 is 37.3 Å². The zero-order chi connectivity index (χ0) is 16.0. The fourth-order valence-corrected chi connectivity index (χ4v) is 1.85. The first kappa shape index (κ1) is 17.5. The highest BCUT2D eigenvalue weighted by Gasteiger charge is 2.38. The second-order valence-corrected chi connectivity index (χ2v) is 4.56. The molecule has 1 saturated heterocycles. The maximum atomic E-state index is 11.8. The average Bonchev–Trinajstić information content (AvgIpc) is 2.85. The van der Waals surface area contributed by atoms with Crippen molar-refractivity contribution in [3.63, 3.8) is 0 Å². The lowest BCUT2D eigenvalue weighted by Gasteiger charge is -2.26. The number of amides is 2. The number of hydrogen-bond donors (Lipinski definition) is 2. The third-order valence-electron chi connectivity index (χ3n) is 2.97. The number of urea groups is 1. The Kier molecular flexibility index (Phi) is 6.21. The second kappa shape index (κ2) is 7.46. The lowest BCUT2D eigenvalue weighted by Crippen LogP contribution is -2.49. The van der Waals surface area contributed by atoms with Gasteiger partial charge in [-0.2, -0.15) is 13.2 Å². The van der Waals surface area contributed by atoms with Gasteiger partial charge < -0.3 is 24.8 Å². The van der Waals surface area contributed by atoms with Crippen molar-refractivity contribution in [1.29, 1.82) is 0 Å². The molecule has 1 fully saturated rings. The Bertz CT molecular complexity index is 377. The molecule has 1 heterocycles. The summed E-state index contributed by atoms with van der Waals surface area (Å²) in [6.45, 7) is -1.65. The van der Waals surface area contributed by atoms with Gasteiger partial charge in [0.2, 0.25) is 0 Å². The maximum Gasteiger partial charge on any atom is 0.411 e. The van der Waals surface area contributed by atoms with Crippen LogP contribution in [0.4, 0.5) is 18.0 Å². The van der Waals surface area contributed by atoms with E-state index >= 15 is 0 Å². The van der Waals surface area contributed by atoms with E-state index < -0.39 is 36.7 Å². The van der Waals surface area contributed by atoms with Gasteiger partial charge in [-0.25, -0.2) is 4.79 Å². The number of carbonyl (C=O) groups is 2. The summed E-state index contributed by atoms with van der Waals surface area (Å²) in [6.07, 6.45) is -4.41. The molecule has 1 aliphatic rings. The molecule has 1 rings (SSSR count). The summed E-state index contributed by atoms with van der Waals surface area (Å²) in [7, 11) is 1.40. The molecule has 0 aromatic rings. The summed E-state index contributed by atoms with van der Waals surface area (Å²) in [5.74, 6) is -1.88. The number of rotatable bonds is 6. The molecular weight excluding hydrogens is 297 g/mol. The third-order valence-corrected chi connectivity index (χ3v) is 2.97. The monoisotopic (exact) mass is 314 g/mol. The van der Waals surface area contributed by atoms with Gasteiger partial charge in [0.15, 0.2) is 0 Å². The number of nitrogens with zero attached hydrogens (tertiary/aromatic N) is 1. The number of carbonyl (C=O) groups excluding carboxylic acids is 1. The van der Waals surface area contributed by atoms with Crippen LogP contribution < -0.4 is 5.32 Å². The second-order valence-electron chi connectivity index (χ2n) is 4.56. The van der Waals surface area contributed by atoms with Crippen LogP contribution in [0.3, 0.4) is 0 Å². The number of alkyl halides is 3. The van der Waals surface area contributed by atoms with Gasteiger partial charge in [0, 0.05) is 13.6 Å². The van der Waals surface area contributed by atoms with Gasteiger partial charge in [-0.05, 0) is 0 Å². The minimum atomic E-state index is -4.41. The number of carboxylic acids is 1. The largest absolute Gasteiger partial charge is 0.481 e. The van der Waals surface area contributed by atoms with Crippen molar-refractivity contribution in [2.24, 2.45) is 5.92 Å². The Labute approximate surface area is 119 Å². The van der Waals surface area contributed by atoms with Gasteiger partial charge in [-0.1, -0.05) is 0 Å². The Morgan fingerprint density at radius 3 is 2.67 bits per heavy atom. The van der Waals surface area contributed by atoms with Crippen molar-refractivity contribution in [3.8, 4) is 0 Å². The predicted molar refractivity (Wildman–Crippen MR) is 63.8 cm³/mol. The Balaban J connectivity index is 2.30. The molecule has 0 aromatic carbocycles. The minimum Gasteiger partial charge on any atom is -0.481 e. The van der Waals surface area contributed by atoms with Crippen molar-refractivity contribution in [2.45, 2.75) is 12.2 Å². The quantitative estimate of drug-likeness (QED) is 0.689.